The SMILES string of the molecule is CCNC(=NCC1(O)CCC1SCC)NCC1(C)CCCO1.I. The Hall–Kier alpha value is 0.270. The van der Waals surface area contributed by atoms with Gasteiger partial charge in [-0.05, 0) is 45.3 Å². The monoisotopic (exact) mass is 457 g/mol. The van der Waals surface area contributed by atoms with Gasteiger partial charge in [-0.2, -0.15) is 11.8 Å². The molecular formula is C16H32IN3O2S. The Labute approximate surface area is 161 Å². The Kier molecular flexibility index (Phi) is 8.97. The van der Waals surface area contributed by atoms with Crippen LogP contribution in [0.1, 0.15) is 46.5 Å². The van der Waals surface area contributed by atoms with E-state index in [1.165, 1.54) is 0 Å². The number of halogens is 1. The van der Waals surface area contributed by atoms with Gasteiger partial charge in [0.25, 0.3) is 0 Å². The molecule has 2 aliphatic rings. The zero-order valence-corrected chi connectivity index (χ0v) is 17.7. The van der Waals surface area contributed by atoms with E-state index in [0.717, 1.165) is 57.1 Å². The van der Waals surface area contributed by atoms with Crippen LogP contribution in [0.3, 0.4) is 0 Å². The van der Waals surface area contributed by atoms with E-state index in [1.54, 1.807) is 0 Å². The van der Waals surface area contributed by atoms with Crippen LogP contribution in [0, 0.1) is 0 Å². The second-order valence-electron chi connectivity index (χ2n) is 6.54. The Bertz CT molecular complexity index is 392. The lowest BCUT2D eigenvalue weighted by Crippen LogP contribution is -2.53. The lowest BCUT2D eigenvalue weighted by atomic mass is 9.79. The number of thioether (sulfide) groups is 1. The van der Waals surface area contributed by atoms with Crippen molar-refractivity contribution in [3.63, 3.8) is 0 Å². The maximum absolute atomic E-state index is 10.6. The average Bonchev–Trinajstić information content (AvgIpc) is 2.93. The fourth-order valence-electron chi connectivity index (χ4n) is 3.02. The average molecular weight is 457 g/mol. The summed E-state index contributed by atoms with van der Waals surface area (Å²) in [5.74, 6) is 1.82. The predicted octanol–water partition coefficient (Wildman–Crippen LogP) is 2.38. The molecule has 2 fully saturated rings. The summed E-state index contributed by atoms with van der Waals surface area (Å²) in [6.45, 7) is 9.22. The Morgan fingerprint density at radius 2 is 2.13 bits per heavy atom. The zero-order valence-electron chi connectivity index (χ0n) is 14.6. The summed E-state index contributed by atoms with van der Waals surface area (Å²) in [4.78, 5) is 4.61. The van der Waals surface area contributed by atoms with Crippen LogP contribution in [-0.2, 0) is 4.74 Å². The number of nitrogens with zero attached hydrogens (tertiary/aromatic N) is 1. The van der Waals surface area contributed by atoms with Crippen LogP contribution in [0.5, 0.6) is 0 Å². The molecule has 0 radical (unpaired) electrons. The van der Waals surface area contributed by atoms with Crippen LogP contribution >= 0.6 is 35.7 Å². The lowest BCUT2D eigenvalue weighted by molar-refractivity contribution is -0.0155. The van der Waals surface area contributed by atoms with Crippen molar-refractivity contribution in [3.05, 3.63) is 0 Å². The number of ether oxygens (including phenoxy) is 1. The third-order valence-corrected chi connectivity index (χ3v) is 6.00. The van der Waals surface area contributed by atoms with Gasteiger partial charge in [0, 0.05) is 24.9 Å². The molecule has 2 rings (SSSR count). The number of guanidine groups is 1. The fourth-order valence-corrected chi connectivity index (χ4v) is 4.21. The van der Waals surface area contributed by atoms with E-state index in [-0.39, 0.29) is 29.6 Å². The molecule has 1 saturated heterocycles. The van der Waals surface area contributed by atoms with Gasteiger partial charge in [-0.15, -0.1) is 24.0 Å². The van der Waals surface area contributed by atoms with Crippen LogP contribution in [-0.4, -0.2) is 59.5 Å². The summed E-state index contributed by atoms with van der Waals surface area (Å²) in [6, 6.07) is 0. The highest BCUT2D eigenvalue weighted by Gasteiger charge is 2.45. The number of nitrogens with one attached hydrogen (secondary N) is 2. The van der Waals surface area contributed by atoms with E-state index < -0.39 is 5.60 Å². The summed E-state index contributed by atoms with van der Waals surface area (Å²) in [7, 11) is 0. The van der Waals surface area contributed by atoms with Crippen molar-refractivity contribution in [2.24, 2.45) is 4.99 Å². The first kappa shape index (κ1) is 21.3. The normalized spacial score (nSPS) is 33.7. The molecule has 3 unspecified atom stereocenters. The second kappa shape index (κ2) is 9.68. The molecule has 1 heterocycles. The van der Waals surface area contributed by atoms with E-state index in [0.29, 0.717) is 11.8 Å². The summed E-state index contributed by atoms with van der Waals surface area (Å²) < 4.78 is 5.80. The van der Waals surface area contributed by atoms with Crippen LogP contribution in [0.2, 0.25) is 0 Å². The highest BCUT2D eigenvalue weighted by Crippen LogP contribution is 2.41. The molecule has 0 spiro atoms. The minimum Gasteiger partial charge on any atom is -0.387 e. The summed E-state index contributed by atoms with van der Waals surface area (Å²) in [5.41, 5.74) is -0.721. The first-order valence-electron chi connectivity index (χ1n) is 8.51. The maximum atomic E-state index is 10.6. The van der Waals surface area contributed by atoms with Gasteiger partial charge in [0.05, 0.1) is 17.7 Å². The van der Waals surface area contributed by atoms with Gasteiger partial charge in [-0.25, -0.2) is 0 Å². The number of hydrogen-bond donors (Lipinski definition) is 3. The summed E-state index contributed by atoms with van der Waals surface area (Å²) in [6.07, 6.45) is 4.16. The standard InChI is InChI=1S/C16H31N3O2S.HI/c1-4-17-14(18-11-15(3)8-6-10-21-15)19-12-16(20)9-7-13(16)22-5-2;/h13,20H,4-12H2,1-3H3,(H2,17,18,19);1H. The molecule has 0 aromatic heterocycles. The molecule has 1 saturated carbocycles. The number of aliphatic hydroxyl groups is 1. The van der Waals surface area contributed by atoms with E-state index in [4.69, 9.17) is 4.74 Å². The lowest BCUT2D eigenvalue weighted by Gasteiger charge is -2.44. The molecule has 0 bridgehead atoms. The molecule has 7 heteroatoms. The molecule has 0 aromatic carbocycles. The summed E-state index contributed by atoms with van der Waals surface area (Å²) >= 11 is 1.84. The Morgan fingerprint density at radius 1 is 1.35 bits per heavy atom. The van der Waals surface area contributed by atoms with E-state index in [9.17, 15) is 5.11 Å². The van der Waals surface area contributed by atoms with Crippen molar-refractivity contribution < 1.29 is 9.84 Å². The maximum Gasteiger partial charge on any atom is 0.191 e. The molecule has 3 N–H and O–H groups in total. The van der Waals surface area contributed by atoms with Crippen molar-refractivity contribution in [3.8, 4) is 0 Å². The topological polar surface area (TPSA) is 65.9 Å². The Balaban J connectivity index is 0.00000264. The molecule has 0 amide bonds. The molecule has 3 atom stereocenters. The van der Waals surface area contributed by atoms with Crippen molar-refractivity contribution in [1.29, 1.82) is 0 Å². The highest BCUT2D eigenvalue weighted by molar-refractivity contribution is 14.0. The van der Waals surface area contributed by atoms with E-state index in [1.807, 2.05) is 11.8 Å². The number of rotatable bonds is 7. The van der Waals surface area contributed by atoms with Crippen LogP contribution < -0.4 is 10.6 Å². The molecule has 23 heavy (non-hydrogen) atoms. The van der Waals surface area contributed by atoms with Gasteiger partial charge in [0.2, 0.25) is 0 Å². The van der Waals surface area contributed by atoms with Crippen LogP contribution in [0.25, 0.3) is 0 Å². The molecule has 1 aliphatic heterocycles. The third-order valence-electron chi connectivity index (χ3n) is 4.59. The quantitative estimate of drug-likeness (QED) is 0.311. The fraction of sp³-hybridized carbons (Fsp3) is 0.938. The number of hydrogen-bond acceptors (Lipinski definition) is 4. The molecule has 0 aromatic rings. The van der Waals surface area contributed by atoms with Crippen molar-refractivity contribution in [2.45, 2.75) is 62.9 Å². The van der Waals surface area contributed by atoms with Crippen LogP contribution in [0.15, 0.2) is 4.99 Å². The second-order valence-corrected chi connectivity index (χ2v) is 8.02. The molecule has 1 aliphatic carbocycles. The van der Waals surface area contributed by atoms with Crippen molar-refractivity contribution in [1.82, 2.24) is 10.6 Å². The zero-order chi connectivity index (χ0) is 16.1. The Morgan fingerprint density at radius 3 is 2.65 bits per heavy atom. The van der Waals surface area contributed by atoms with Gasteiger partial charge in [-0.1, -0.05) is 6.92 Å². The van der Waals surface area contributed by atoms with Gasteiger partial charge in [0.15, 0.2) is 5.96 Å². The minimum atomic E-state index is -0.628. The third kappa shape index (κ3) is 5.93. The van der Waals surface area contributed by atoms with Gasteiger partial charge < -0.3 is 20.5 Å². The first-order valence-corrected chi connectivity index (χ1v) is 9.56. The minimum absolute atomic E-state index is 0. The highest BCUT2D eigenvalue weighted by atomic mass is 127. The van der Waals surface area contributed by atoms with Gasteiger partial charge >= 0.3 is 0 Å². The molecule has 5 nitrogen and oxygen atoms in total. The van der Waals surface area contributed by atoms with Crippen LogP contribution in [0.4, 0.5) is 0 Å². The predicted molar refractivity (Wildman–Crippen MR) is 109 cm³/mol. The largest absolute Gasteiger partial charge is 0.387 e. The van der Waals surface area contributed by atoms with E-state index >= 15 is 0 Å². The molecule has 136 valence electrons. The molecular weight excluding hydrogens is 425 g/mol. The summed E-state index contributed by atoms with van der Waals surface area (Å²) in [5, 5.41) is 17.6. The first-order chi connectivity index (χ1) is 10.5. The van der Waals surface area contributed by atoms with Gasteiger partial charge in [-0.3, -0.25) is 4.99 Å². The number of aliphatic imine (C=N–C) groups is 1. The van der Waals surface area contributed by atoms with Crippen molar-refractivity contribution >= 4 is 41.7 Å². The van der Waals surface area contributed by atoms with E-state index in [2.05, 4.69) is 36.4 Å². The smallest absolute Gasteiger partial charge is 0.191 e. The van der Waals surface area contributed by atoms with Crippen molar-refractivity contribution in [2.75, 3.05) is 32.0 Å². The van der Waals surface area contributed by atoms with Gasteiger partial charge in [0.1, 0.15) is 0 Å².